The lowest BCUT2D eigenvalue weighted by atomic mass is 9.97. The molecule has 3 nitrogen and oxygen atoms in total. The van der Waals surface area contributed by atoms with Crippen molar-refractivity contribution in [3.63, 3.8) is 0 Å². The van der Waals surface area contributed by atoms with E-state index in [1.165, 1.54) is 81.9 Å². The third-order valence-electron chi connectivity index (χ3n) is 12.4. The van der Waals surface area contributed by atoms with E-state index in [2.05, 4.69) is 4.98 Å². The minimum absolute atomic E-state index is 0.0315. The summed E-state index contributed by atoms with van der Waals surface area (Å²) in [7, 11) is 0. The summed E-state index contributed by atoms with van der Waals surface area (Å²) < 4.78 is 257. The number of pyridine rings is 1. The number of alkyl halides is 18. The van der Waals surface area contributed by atoms with E-state index < -0.39 is 87.1 Å². The smallest absolute Gasteiger partial charge is 0.307 e. The van der Waals surface area contributed by atoms with Crippen LogP contribution in [0.1, 0.15) is 33.4 Å². The zero-order valence-electron chi connectivity index (χ0n) is 36.6. The van der Waals surface area contributed by atoms with Crippen LogP contribution in [-0.4, -0.2) is 14.1 Å². The number of halogens is 18. The van der Waals surface area contributed by atoms with E-state index in [4.69, 9.17) is 0 Å². The molecule has 10 rings (SSSR count). The van der Waals surface area contributed by atoms with Crippen LogP contribution in [0.25, 0.3) is 88.5 Å². The van der Waals surface area contributed by atoms with E-state index in [1.807, 2.05) is 0 Å². The minimum Gasteiger partial charge on any atom is -0.307 e. The third kappa shape index (κ3) is 8.90. The molecule has 3 heterocycles. The van der Waals surface area contributed by atoms with E-state index >= 15 is 0 Å². The summed E-state index contributed by atoms with van der Waals surface area (Å²) in [6.45, 7) is 0. The molecule has 3 aromatic heterocycles. The van der Waals surface area contributed by atoms with Crippen LogP contribution in [0.2, 0.25) is 0 Å². The Morgan fingerprint density at radius 2 is 0.608 bits per heavy atom. The number of hydrogen-bond acceptors (Lipinski definition) is 1. The molecule has 0 atom stereocenters. The van der Waals surface area contributed by atoms with Crippen molar-refractivity contribution in [1.29, 1.82) is 0 Å². The first kappa shape index (κ1) is 49.6. The van der Waals surface area contributed by atoms with E-state index in [0.29, 0.717) is 47.2 Å². The zero-order chi connectivity index (χ0) is 53.2. The summed E-state index contributed by atoms with van der Waals surface area (Å²) in [5.41, 5.74) is -11.2. The third-order valence-corrected chi connectivity index (χ3v) is 12.4. The molecule has 0 amide bonds. The molecule has 74 heavy (non-hydrogen) atoms. The Kier molecular flexibility index (Phi) is 11.3. The fraction of sp³-hybridized carbons (Fsp3) is 0.113. The molecule has 0 aliphatic rings. The molecule has 0 radical (unpaired) electrons. The molecule has 21 heteroatoms. The number of benzene rings is 7. The van der Waals surface area contributed by atoms with Gasteiger partial charge in [-0.05, 0) is 125 Å². The van der Waals surface area contributed by atoms with Crippen molar-refractivity contribution < 1.29 is 79.0 Å². The predicted octanol–water partition coefficient (Wildman–Crippen LogP) is 18.4. The highest BCUT2D eigenvalue weighted by Gasteiger charge is 2.40. The Morgan fingerprint density at radius 3 is 0.986 bits per heavy atom. The highest BCUT2D eigenvalue weighted by atomic mass is 19.4. The van der Waals surface area contributed by atoms with Gasteiger partial charge < -0.3 is 4.57 Å². The molecule has 0 spiro atoms. The molecule has 0 aliphatic carbocycles. The Bertz CT molecular complexity index is 3780. The van der Waals surface area contributed by atoms with Crippen LogP contribution in [0.4, 0.5) is 79.0 Å². The first-order valence-corrected chi connectivity index (χ1v) is 21.4. The van der Waals surface area contributed by atoms with Gasteiger partial charge in [0.1, 0.15) is 5.82 Å². The molecule has 0 fully saturated rings. The molecule has 0 aliphatic heterocycles. The molecule has 0 saturated carbocycles. The molecule has 378 valence electrons. The van der Waals surface area contributed by atoms with Crippen LogP contribution < -0.4 is 0 Å². The first-order chi connectivity index (χ1) is 34.4. The Morgan fingerprint density at radius 1 is 0.284 bits per heavy atom. The SMILES string of the molecule is FC(F)(F)c1cc(-c2ccc3c(c2)c2ccccc2n3-c2cc(-c3cc(C(F)(F)F)cc(C(F)(F)F)c3)c(-n3c4ccccc4c4cc(-c5cc(C(F)(F)F)cc(C(F)(F)F)c5)ccc43)cn2)cc(C(F)(F)F)c1. The summed E-state index contributed by atoms with van der Waals surface area (Å²) >= 11 is 0. The number of nitrogens with zero attached hydrogens (tertiary/aromatic N) is 3. The molecule has 0 saturated heterocycles. The maximum atomic E-state index is 14.5. The van der Waals surface area contributed by atoms with Gasteiger partial charge in [0.25, 0.3) is 0 Å². The molecule has 10 aromatic rings. The van der Waals surface area contributed by atoms with Gasteiger partial charge in [-0.25, -0.2) is 4.98 Å². The standard InChI is InChI=1S/C53H25F18N3/c54-48(55,56)31-13-28(14-32(21-31)49(57,58)59)26-9-11-44-40(19-26)37-5-1-3-7-42(37)73(44)46-25-72-47(24-39(46)30-17-35(52(66,67)68)23-36(18-30)53(69,70)71)74-43-8-4-2-6-38(43)41-20-27(10-12-45(41)74)29-15-33(50(60,61)62)22-34(16-29)51(63,64)65/h1-25H. The summed E-state index contributed by atoms with van der Waals surface area (Å²) in [6, 6.07) is 24.0. The summed E-state index contributed by atoms with van der Waals surface area (Å²) in [5, 5.41) is 1.06. The Labute approximate surface area is 403 Å². The van der Waals surface area contributed by atoms with Crippen molar-refractivity contribution in [3.05, 3.63) is 185 Å². The normalized spacial score (nSPS) is 13.3. The molecule has 0 N–H and O–H groups in total. The van der Waals surface area contributed by atoms with Crippen LogP contribution in [-0.2, 0) is 37.1 Å². The highest BCUT2D eigenvalue weighted by molar-refractivity contribution is 6.12. The molecular formula is C53H25F18N3. The Hall–Kier alpha value is -7.97. The molecule has 7 aromatic carbocycles. The van der Waals surface area contributed by atoms with Gasteiger partial charge in [0.2, 0.25) is 0 Å². The quantitative estimate of drug-likeness (QED) is 0.158. The molecular weight excluding hydrogens is 1020 g/mol. The minimum atomic E-state index is -5.34. The lowest BCUT2D eigenvalue weighted by molar-refractivity contribution is -0.144. The van der Waals surface area contributed by atoms with E-state index in [-0.39, 0.29) is 79.2 Å². The van der Waals surface area contributed by atoms with Gasteiger partial charge in [0.15, 0.2) is 0 Å². The van der Waals surface area contributed by atoms with Gasteiger partial charge in [-0.3, -0.25) is 4.57 Å². The van der Waals surface area contributed by atoms with Crippen molar-refractivity contribution >= 4 is 43.6 Å². The second-order valence-electron chi connectivity index (χ2n) is 17.1. The van der Waals surface area contributed by atoms with E-state index in [0.717, 1.165) is 6.20 Å². The van der Waals surface area contributed by atoms with E-state index in [1.54, 1.807) is 18.2 Å². The highest BCUT2D eigenvalue weighted by Crippen LogP contribution is 2.46. The van der Waals surface area contributed by atoms with Crippen molar-refractivity contribution in [1.82, 2.24) is 14.1 Å². The number of hydrogen-bond donors (Lipinski definition) is 0. The monoisotopic (exact) mass is 1050 g/mol. The zero-order valence-corrected chi connectivity index (χ0v) is 36.6. The van der Waals surface area contributed by atoms with Gasteiger partial charge in [0, 0.05) is 27.1 Å². The lowest BCUT2D eigenvalue weighted by Crippen LogP contribution is -2.11. The van der Waals surface area contributed by atoms with Crippen LogP contribution in [0.15, 0.2) is 152 Å². The van der Waals surface area contributed by atoms with Crippen LogP contribution >= 0.6 is 0 Å². The first-order valence-electron chi connectivity index (χ1n) is 21.4. The van der Waals surface area contributed by atoms with E-state index in [9.17, 15) is 79.0 Å². The summed E-state index contributed by atoms with van der Waals surface area (Å²) in [5.74, 6) is -0.153. The van der Waals surface area contributed by atoms with Crippen molar-refractivity contribution in [2.45, 2.75) is 37.1 Å². The van der Waals surface area contributed by atoms with Gasteiger partial charge in [-0.1, -0.05) is 48.5 Å². The fourth-order valence-corrected chi connectivity index (χ4v) is 9.13. The van der Waals surface area contributed by atoms with Crippen molar-refractivity contribution in [2.24, 2.45) is 0 Å². The van der Waals surface area contributed by atoms with Crippen molar-refractivity contribution in [2.75, 3.05) is 0 Å². The van der Waals surface area contributed by atoms with Crippen molar-refractivity contribution in [3.8, 4) is 44.9 Å². The largest absolute Gasteiger partial charge is 0.416 e. The predicted molar refractivity (Wildman–Crippen MR) is 239 cm³/mol. The molecule has 0 unspecified atom stereocenters. The fourth-order valence-electron chi connectivity index (χ4n) is 9.13. The maximum Gasteiger partial charge on any atom is 0.416 e. The topological polar surface area (TPSA) is 22.8 Å². The number of fused-ring (bicyclic) bond motifs is 6. The van der Waals surface area contributed by atoms with Crippen LogP contribution in [0, 0.1) is 0 Å². The van der Waals surface area contributed by atoms with Gasteiger partial charge in [-0.2, -0.15) is 79.0 Å². The maximum absolute atomic E-state index is 14.5. The van der Waals surface area contributed by atoms with Gasteiger partial charge >= 0.3 is 37.1 Å². The average Bonchev–Trinajstić information content (AvgIpc) is 3.84. The Balaban J connectivity index is 1.24. The van der Waals surface area contributed by atoms with Gasteiger partial charge in [-0.15, -0.1) is 0 Å². The number of para-hydroxylation sites is 2. The van der Waals surface area contributed by atoms with Gasteiger partial charge in [0.05, 0.1) is 67.3 Å². The van der Waals surface area contributed by atoms with Crippen LogP contribution in [0.3, 0.4) is 0 Å². The lowest BCUT2D eigenvalue weighted by Gasteiger charge is -2.19. The average molecular weight is 1050 g/mol. The molecule has 0 bridgehead atoms. The number of aromatic nitrogens is 3. The summed E-state index contributed by atoms with van der Waals surface area (Å²) in [4.78, 5) is 4.64. The summed E-state index contributed by atoms with van der Waals surface area (Å²) in [6.07, 6.45) is -30.3. The van der Waals surface area contributed by atoms with Crippen LogP contribution in [0.5, 0.6) is 0 Å². The second kappa shape index (κ2) is 16.8. The number of rotatable bonds is 5. The second-order valence-corrected chi connectivity index (χ2v) is 17.1.